The van der Waals surface area contributed by atoms with Crippen LogP contribution in [0.15, 0.2) is 35.4 Å². The summed E-state index contributed by atoms with van der Waals surface area (Å²) < 4.78 is 6.77. The van der Waals surface area contributed by atoms with Gasteiger partial charge in [-0.05, 0) is 31.4 Å². The van der Waals surface area contributed by atoms with E-state index >= 15 is 0 Å². The van der Waals surface area contributed by atoms with Crippen LogP contribution in [-0.2, 0) is 16.1 Å². The fraction of sp³-hybridized carbons (Fsp3) is 0.526. The number of benzene rings is 1. The van der Waals surface area contributed by atoms with Gasteiger partial charge in [-0.15, -0.1) is 0 Å². The maximum atomic E-state index is 12.6. The first-order valence-corrected chi connectivity index (χ1v) is 9.09. The van der Waals surface area contributed by atoms with E-state index in [1.165, 1.54) is 10.9 Å². The van der Waals surface area contributed by atoms with Gasteiger partial charge >= 0.3 is 0 Å². The van der Waals surface area contributed by atoms with E-state index in [9.17, 15) is 14.7 Å². The van der Waals surface area contributed by atoms with Crippen LogP contribution in [0.3, 0.4) is 0 Å². The van der Waals surface area contributed by atoms with Gasteiger partial charge in [0.1, 0.15) is 0 Å². The van der Waals surface area contributed by atoms with Crippen molar-refractivity contribution in [2.45, 2.75) is 31.4 Å². The monoisotopic (exact) mass is 357 g/mol. The molecule has 0 saturated carbocycles. The highest BCUT2D eigenvalue weighted by molar-refractivity contribution is 5.79. The molecule has 138 valence electrons. The second-order valence-corrected chi connectivity index (χ2v) is 7.30. The Hall–Kier alpha value is -2.25. The van der Waals surface area contributed by atoms with Gasteiger partial charge in [-0.1, -0.05) is 12.1 Å². The van der Waals surface area contributed by atoms with Crippen LogP contribution in [0.2, 0.25) is 0 Å². The number of piperidine rings is 1. The van der Waals surface area contributed by atoms with Gasteiger partial charge in [0, 0.05) is 19.7 Å². The molecule has 1 N–H and O–H groups in total. The minimum atomic E-state index is -1.00. The molecule has 2 saturated heterocycles. The highest BCUT2D eigenvalue weighted by Crippen LogP contribution is 2.26. The van der Waals surface area contributed by atoms with Gasteiger partial charge in [0.15, 0.2) is 0 Å². The zero-order chi connectivity index (χ0) is 18.1. The number of fused-ring (bicyclic) bond motifs is 1. The molecule has 4 rings (SSSR count). The van der Waals surface area contributed by atoms with E-state index in [1.54, 1.807) is 18.2 Å². The maximum absolute atomic E-state index is 12.6. The Morgan fingerprint density at radius 1 is 1.31 bits per heavy atom. The molecule has 1 aromatic carbocycles. The van der Waals surface area contributed by atoms with Crippen molar-refractivity contribution in [2.75, 3.05) is 26.3 Å². The van der Waals surface area contributed by atoms with Crippen molar-refractivity contribution in [1.82, 2.24) is 14.5 Å². The van der Waals surface area contributed by atoms with E-state index < -0.39 is 5.60 Å². The molecule has 2 aliphatic heterocycles. The second kappa shape index (κ2) is 6.81. The number of carbonyl (C=O) groups excluding carboxylic acids is 1. The fourth-order valence-corrected chi connectivity index (χ4v) is 3.82. The van der Waals surface area contributed by atoms with Crippen LogP contribution in [0.25, 0.3) is 10.9 Å². The molecule has 2 fully saturated rings. The third-order valence-corrected chi connectivity index (χ3v) is 5.48. The molecule has 2 aromatic rings. The van der Waals surface area contributed by atoms with Gasteiger partial charge < -0.3 is 14.7 Å². The molecule has 0 radical (unpaired) electrons. The van der Waals surface area contributed by atoms with Gasteiger partial charge in [-0.25, -0.2) is 4.98 Å². The summed E-state index contributed by atoms with van der Waals surface area (Å²) in [4.78, 5) is 31.2. The lowest BCUT2D eigenvalue weighted by Crippen LogP contribution is -2.51. The molecular weight excluding hydrogens is 334 g/mol. The highest BCUT2D eigenvalue weighted by Gasteiger charge is 2.37. The topological polar surface area (TPSA) is 84.7 Å². The van der Waals surface area contributed by atoms with Crippen molar-refractivity contribution in [1.29, 1.82) is 0 Å². The summed E-state index contributed by atoms with van der Waals surface area (Å²) >= 11 is 0. The van der Waals surface area contributed by atoms with Crippen molar-refractivity contribution >= 4 is 16.8 Å². The summed E-state index contributed by atoms with van der Waals surface area (Å²) in [5.74, 6) is 0.0718. The normalized spacial score (nSPS) is 22.7. The minimum absolute atomic E-state index is 0.0477. The number of hydrogen-bond donors (Lipinski definition) is 1. The van der Waals surface area contributed by atoms with E-state index in [1.807, 2.05) is 11.0 Å². The van der Waals surface area contributed by atoms with Crippen molar-refractivity contribution in [3.63, 3.8) is 0 Å². The number of likely N-dealkylation sites (tertiary alicyclic amines) is 1. The average Bonchev–Trinajstić information content (AvgIpc) is 3.19. The molecule has 0 aliphatic carbocycles. The van der Waals surface area contributed by atoms with Crippen LogP contribution < -0.4 is 5.56 Å². The van der Waals surface area contributed by atoms with Crippen LogP contribution in [-0.4, -0.2) is 57.4 Å². The van der Waals surface area contributed by atoms with Gasteiger partial charge in [-0.3, -0.25) is 14.2 Å². The molecule has 1 amide bonds. The number of hydrogen-bond acceptors (Lipinski definition) is 5. The number of amides is 1. The third kappa shape index (κ3) is 3.24. The fourth-order valence-electron chi connectivity index (χ4n) is 3.82. The first kappa shape index (κ1) is 17.2. The lowest BCUT2D eigenvalue weighted by atomic mass is 9.90. The zero-order valence-electron chi connectivity index (χ0n) is 14.6. The minimum Gasteiger partial charge on any atom is -0.388 e. The van der Waals surface area contributed by atoms with E-state index in [4.69, 9.17) is 4.74 Å². The van der Waals surface area contributed by atoms with Crippen LogP contribution in [0.4, 0.5) is 0 Å². The number of aromatic nitrogens is 2. The molecule has 0 bridgehead atoms. The molecule has 0 unspecified atom stereocenters. The molecule has 1 aromatic heterocycles. The summed E-state index contributed by atoms with van der Waals surface area (Å²) in [6, 6.07) is 7.19. The Morgan fingerprint density at radius 3 is 2.81 bits per heavy atom. The molecular formula is C19H23N3O4. The number of aliphatic hydroxyl groups is 1. The predicted octanol–water partition coefficient (Wildman–Crippen LogP) is 0.786. The molecule has 3 heterocycles. The van der Waals surface area contributed by atoms with Crippen LogP contribution in [0, 0.1) is 5.92 Å². The Labute approximate surface area is 151 Å². The molecule has 2 aliphatic rings. The maximum Gasteiger partial charge on any atom is 0.261 e. The summed E-state index contributed by atoms with van der Waals surface area (Å²) in [6.45, 7) is 2.34. The van der Waals surface area contributed by atoms with Crippen LogP contribution in [0.5, 0.6) is 0 Å². The zero-order valence-corrected chi connectivity index (χ0v) is 14.6. The largest absolute Gasteiger partial charge is 0.388 e. The van der Waals surface area contributed by atoms with E-state index in [2.05, 4.69) is 4.98 Å². The van der Waals surface area contributed by atoms with Gasteiger partial charge in [0.05, 0.1) is 41.9 Å². The SMILES string of the molecule is O=C([C@H]1CCOC1)N1CCC(O)(Cn2cnc3ccccc3c2=O)CC1. The smallest absolute Gasteiger partial charge is 0.261 e. The van der Waals surface area contributed by atoms with Gasteiger partial charge in [-0.2, -0.15) is 0 Å². The van der Waals surface area contributed by atoms with Crippen LogP contribution >= 0.6 is 0 Å². The molecule has 7 nitrogen and oxygen atoms in total. The van der Waals surface area contributed by atoms with E-state index in [0.29, 0.717) is 50.0 Å². The first-order chi connectivity index (χ1) is 12.6. The van der Waals surface area contributed by atoms with Gasteiger partial charge in [0.25, 0.3) is 5.56 Å². The molecule has 7 heteroatoms. The van der Waals surface area contributed by atoms with Crippen molar-refractivity contribution in [3.8, 4) is 0 Å². The third-order valence-electron chi connectivity index (χ3n) is 5.48. The van der Waals surface area contributed by atoms with Crippen molar-refractivity contribution in [2.24, 2.45) is 5.92 Å². The summed E-state index contributed by atoms with van der Waals surface area (Å²) in [5.41, 5.74) is -0.498. The number of ether oxygens (including phenoxy) is 1. The molecule has 0 spiro atoms. The predicted molar refractivity (Wildman–Crippen MR) is 95.7 cm³/mol. The number of para-hydroxylation sites is 1. The second-order valence-electron chi connectivity index (χ2n) is 7.30. The average molecular weight is 357 g/mol. The van der Waals surface area contributed by atoms with Crippen molar-refractivity contribution < 1.29 is 14.6 Å². The standard InChI is InChI=1S/C19H23N3O4/c23-17(14-5-10-26-11-14)21-8-6-19(25,7-9-21)12-22-13-20-16-4-2-1-3-15(16)18(22)24/h1-4,13-14,25H,5-12H2/t14-/m0/s1. The Morgan fingerprint density at radius 2 is 2.08 bits per heavy atom. The quantitative estimate of drug-likeness (QED) is 0.878. The van der Waals surface area contributed by atoms with Gasteiger partial charge in [0.2, 0.25) is 5.91 Å². The summed E-state index contributed by atoms with van der Waals surface area (Å²) in [5, 5.41) is 11.5. The summed E-state index contributed by atoms with van der Waals surface area (Å²) in [7, 11) is 0. The van der Waals surface area contributed by atoms with Crippen LogP contribution in [0.1, 0.15) is 19.3 Å². The Kier molecular flexibility index (Phi) is 4.50. The summed E-state index contributed by atoms with van der Waals surface area (Å²) in [6.07, 6.45) is 3.17. The van der Waals surface area contributed by atoms with Crippen molar-refractivity contribution in [3.05, 3.63) is 40.9 Å². The Balaban J connectivity index is 1.45. The Bertz CT molecular complexity index is 864. The molecule has 26 heavy (non-hydrogen) atoms. The van der Waals surface area contributed by atoms with E-state index in [0.717, 1.165) is 6.42 Å². The lowest BCUT2D eigenvalue weighted by molar-refractivity contribution is -0.140. The number of rotatable bonds is 3. The first-order valence-electron chi connectivity index (χ1n) is 9.09. The molecule has 1 atom stereocenters. The highest BCUT2D eigenvalue weighted by atomic mass is 16.5. The van der Waals surface area contributed by atoms with E-state index in [-0.39, 0.29) is 23.9 Å². The number of carbonyl (C=O) groups is 1. The lowest BCUT2D eigenvalue weighted by Gasteiger charge is -2.39. The number of nitrogens with zero attached hydrogens (tertiary/aromatic N) is 3.